The second-order valence-corrected chi connectivity index (χ2v) is 6.30. The Morgan fingerprint density at radius 3 is 2.55 bits per heavy atom. The van der Waals surface area contributed by atoms with Crippen molar-refractivity contribution >= 4 is 29.1 Å². The summed E-state index contributed by atoms with van der Waals surface area (Å²) >= 11 is 0. The lowest BCUT2D eigenvalue weighted by atomic mass is 10.1. The molecule has 1 aliphatic rings. The second-order valence-electron chi connectivity index (χ2n) is 6.30. The molecule has 0 spiro atoms. The van der Waals surface area contributed by atoms with Crippen LogP contribution >= 0.6 is 0 Å². The number of likely N-dealkylation sites (N-methyl/N-ethyl adjacent to an activating group) is 1. The van der Waals surface area contributed by atoms with Gasteiger partial charge in [0.25, 0.3) is 24.7 Å². The van der Waals surface area contributed by atoms with E-state index in [2.05, 4.69) is 5.32 Å². The van der Waals surface area contributed by atoms with Gasteiger partial charge in [-0.1, -0.05) is 0 Å². The number of anilines is 2. The van der Waals surface area contributed by atoms with E-state index in [4.69, 9.17) is 10.5 Å². The van der Waals surface area contributed by atoms with Gasteiger partial charge in [0.15, 0.2) is 6.04 Å². The van der Waals surface area contributed by atoms with Gasteiger partial charge in [-0.25, -0.2) is 17.6 Å². The average molecular weight is 420 g/mol. The van der Waals surface area contributed by atoms with Crippen molar-refractivity contribution in [3.8, 4) is 0 Å². The molecule has 0 radical (unpaired) electrons. The normalized spacial score (nSPS) is 15.9. The molecule has 0 bridgehead atoms. The maximum absolute atomic E-state index is 13.5. The summed E-state index contributed by atoms with van der Waals surface area (Å²) in [5.41, 5.74) is 4.37. The first-order valence-electron chi connectivity index (χ1n) is 8.50. The quantitative estimate of drug-likeness (QED) is 0.482. The topological polar surface area (TPSA) is 105 Å². The predicted octanol–water partition coefficient (Wildman–Crippen LogP) is 0.977. The molecule has 2 rings (SSSR count). The van der Waals surface area contributed by atoms with Gasteiger partial charge in [0.2, 0.25) is 5.91 Å². The molecule has 1 atom stereocenters. The highest BCUT2D eigenvalue weighted by Gasteiger charge is 2.31. The van der Waals surface area contributed by atoms with Crippen LogP contribution in [0.15, 0.2) is 18.2 Å². The van der Waals surface area contributed by atoms with E-state index in [-0.39, 0.29) is 31.1 Å². The van der Waals surface area contributed by atoms with E-state index in [0.29, 0.717) is 0 Å². The van der Waals surface area contributed by atoms with Crippen molar-refractivity contribution < 1.29 is 36.7 Å². The second kappa shape index (κ2) is 9.65. The van der Waals surface area contributed by atoms with Crippen LogP contribution in [0.3, 0.4) is 0 Å². The van der Waals surface area contributed by atoms with Crippen LogP contribution in [0.2, 0.25) is 0 Å². The Labute approximate surface area is 163 Å². The van der Waals surface area contributed by atoms with E-state index in [0.717, 1.165) is 24.1 Å². The number of nitrogens with zero attached hydrogens (tertiary/aromatic N) is 2. The third-order valence-corrected chi connectivity index (χ3v) is 4.21. The summed E-state index contributed by atoms with van der Waals surface area (Å²) in [4.78, 5) is 37.8. The number of halogens is 4. The highest BCUT2D eigenvalue weighted by Crippen LogP contribution is 2.32. The van der Waals surface area contributed by atoms with Gasteiger partial charge < -0.3 is 20.7 Å². The first kappa shape index (κ1) is 22.6. The fourth-order valence-electron chi connectivity index (χ4n) is 2.87. The number of primary amides is 1. The minimum absolute atomic E-state index is 0.176. The van der Waals surface area contributed by atoms with E-state index in [9.17, 15) is 31.9 Å². The Morgan fingerprint density at radius 2 is 2.00 bits per heavy atom. The van der Waals surface area contributed by atoms with Crippen LogP contribution in [0, 0.1) is 0 Å². The third-order valence-electron chi connectivity index (χ3n) is 4.21. The van der Waals surface area contributed by atoms with Crippen molar-refractivity contribution in [3.05, 3.63) is 23.8 Å². The zero-order valence-corrected chi connectivity index (χ0v) is 15.4. The van der Waals surface area contributed by atoms with Gasteiger partial charge in [0.1, 0.15) is 6.61 Å². The molecule has 0 saturated carbocycles. The van der Waals surface area contributed by atoms with Gasteiger partial charge in [0, 0.05) is 23.5 Å². The van der Waals surface area contributed by atoms with Crippen molar-refractivity contribution in [1.29, 1.82) is 0 Å². The van der Waals surface area contributed by atoms with Gasteiger partial charge in [-0.3, -0.25) is 19.3 Å². The van der Waals surface area contributed by atoms with Gasteiger partial charge >= 0.3 is 0 Å². The Morgan fingerprint density at radius 1 is 1.31 bits per heavy atom. The molecule has 1 saturated heterocycles. The number of carbonyl (C=O) groups excluding carboxylic acids is 3. The molecule has 12 heteroatoms. The smallest absolute Gasteiger partial charge is 0.265 e. The number of rotatable bonds is 8. The molecule has 8 nitrogen and oxygen atoms in total. The van der Waals surface area contributed by atoms with Crippen LogP contribution in [0.5, 0.6) is 0 Å². The molecule has 3 amide bonds. The molecule has 1 aliphatic heterocycles. The zero-order valence-electron chi connectivity index (χ0n) is 15.4. The zero-order chi connectivity index (χ0) is 21.7. The van der Waals surface area contributed by atoms with E-state index < -0.39 is 48.7 Å². The van der Waals surface area contributed by atoms with Crippen molar-refractivity contribution in [2.24, 2.45) is 5.73 Å². The molecular weight excluding hydrogens is 400 g/mol. The molecule has 0 aromatic heterocycles. The van der Waals surface area contributed by atoms with Crippen LogP contribution in [0.4, 0.5) is 28.9 Å². The molecule has 3 N–H and O–H groups in total. The molecule has 1 aromatic carbocycles. The third kappa shape index (κ3) is 5.64. The molecule has 160 valence electrons. The Balaban J connectivity index is 2.27. The number of carbonyl (C=O) groups is 3. The first-order valence-corrected chi connectivity index (χ1v) is 8.50. The lowest BCUT2D eigenvalue weighted by Crippen LogP contribution is -2.51. The molecule has 29 heavy (non-hydrogen) atoms. The Bertz CT molecular complexity index is 778. The lowest BCUT2D eigenvalue weighted by Gasteiger charge is -2.28. The number of alkyl halides is 4. The molecule has 1 fully saturated rings. The van der Waals surface area contributed by atoms with Crippen LogP contribution in [-0.2, 0) is 19.1 Å². The monoisotopic (exact) mass is 420 g/mol. The highest BCUT2D eigenvalue weighted by molar-refractivity contribution is 6.10. The van der Waals surface area contributed by atoms with E-state index in [1.165, 1.54) is 11.0 Å². The maximum Gasteiger partial charge on any atom is 0.265 e. The molecular formula is C17H20F4N4O4. The number of hydrogen-bond donors (Lipinski definition) is 2. The number of ether oxygens (including phenoxy) is 1. The highest BCUT2D eigenvalue weighted by atomic mass is 19.3. The van der Waals surface area contributed by atoms with Crippen LogP contribution < -0.4 is 16.0 Å². The number of nitrogens with two attached hydrogens (primary N) is 1. The minimum atomic E-state index is -3.02. The predicted molar refractivity (Wildman–Crippen MR) is 94.8 cm³/mol. The SMILES string of the molecule is CN(CC(F)F)[C@@H](C(N)=O)C(=O)Nc1ccc(N2CCOCC2=O)cc1C(F)F. The summed E-state index contributed by atoms with van der Waals surface area (Å²) in [7, 11) is 1.09. The standard InChI is InChI=1S/C17H20F4N4O4/c1-24(7-12(18)19)14(16(22)27)17(28)23-11-3-2-9(6-10(11)15(20)21)25-4-5-29-8-13(25)26/h2-3,6,12,14-15H,4-5,7-8H2,1H3,(H2,22,27)(H,23,28)/t14-/m0/s1. The summed E-state index contributed by atoms with van der Waals surface area (Å²) in [5, 5.41) is 2.13. The van der Waals surface area contributed by atoms with Gasteiger partial charge in [0.05, 0.1) is 13.2 Å². The number of amides is 3. The summed E-state index contributed by atoms with van der Waals surface area (Å²) < 4.78 is 57.2. The largest absolute Gasteiger partial charge is 0.370 e. The fourth-order valence-corrected chi connectivity index (χ4v) is 2.87. The summed E-state index contributed by atoms with van der Waals surface area (Å²) in [6.07, 6.45) is -5.86. The summed E-state index contributed by atoms with van der Waals surface area (Å²) in [5.74, 6) is -2.74. The van der Waals surface area contributed by atoms with Crippen molar-refractivity contribution in [1.82, 2.24) is 4.90 Å². The van der Waals surface area contributed by atoms with E-state index in [1.807, 2.05) is 0 Å². The van der Waals surface area contributed by atoms with Crippen LogP contribution in [-0.4, -0.2) is 68.4 Å². The minimum Gasteiger partial charge on any atom is -0.370 e. The van der Waals surface area contributed by atoms with E-state index in [1.54, 1.807) is 0 Å². The van der Waals surface area contributed by atoms with Gasteiger partial charge in [-0.2, -0.15) is 0 Å². The van der Waals surface area contributed by atoms with Gasteiger partial charge in [-0.05, 0) is 25.2 Å². The molecule has 0 unspecified atom stereocenters. The number of benzene rings is 1. The fraction of sp³-hybridized carbons (Fsp3) is 0.471. The first-order chi connectivity index (χ1) is 13.6. The molecule has 1 heterocycles. The molecule has 0 aliphatic carbocycles. The number of nitrogens with one attached hydrogen (secondary N) is 1. The van der Waals surface area contributed by atoms with Crippen molar-refractivity contribution in [2.45, 2.75) is 18.9 Å². The Kier molecular flexibility index (Phi) is 7.51. The average Bonchev–Trinajstić information content (AvgIpc) is 2.61. The maximum atomic E-state index is 13.5. The number of hydrogen-bond acceptors (Lipinski definition) is 5. The van der Waals surface area contributed by atoms with Crippen molar-refractivity contribution in [2.75, 3.05) is 43.6 Å². The molecule has 1 aromatic rings. The number of morpholine rings is 1. The van der Waals surface area contributed by atoms with Gasteiger partial charge in [-0.15, -0.1) is 0 Å². The summed E-state index contributed by atoms with van der Waals surface area (Å²) in [6.45, 7) is -0.680. The van der Waals surface area contributed by atoms with Crippen molar-refractivity contribution in [3.63, 3.8) is 0 Å². The lowest BCUT2D eigenvalue weighted by molar-refractivity contribution is -0.132. The van der Waals surface area contributed by atoms with Crippen LogP contribution in [0.1, 0.15) is 12.0 Å². The van der Waals surface area contributed by atoms with Crippen LogP contribution in [0.25, 0.3) is 0 Å². The summed E-state index contributed by atoms with van der Waals surface area (Å²) in [6, 6.07) is 1.73. The Hall–Kier alpha value is -2.73. The van der Waals surface area contributed by atoms with E-state index >= 15 is 0 Å².